The highest BCUT2D eigenvalue weighted by atomic mass is 19.4. The zero-order valence-corrected chi connectivity index (χ0v) is 21.0. The summed E-state index contributed by atoms with van der Waals surface area (Å²) >= 11 is 0. The van der Waals surface area contributed by atoms with E-state index in [1.54, 1.807) is 13.1 Å². The van der Waals surface area contributed by atoms with E-state index in [0.717, 1.165) is 48.0 Å². The summed E-state index contributed by atoms with van der Waals surface area (Å²) in [4.78, 5) is 18.7. The first kappa shape index (κ1) is 27.7. The van der Waals surface area contributed by atoms with Crippen LogP contribution in [-0.4, -0.2) is 36.3 Å². The maximum atomic E-state index is 13.4. The van der Waals surface area contributed by atoms with Crippen molar-refractivity contribution in [2.24, 2.45) is 4.99 Å². The molecule has 4 nitrogen and oxygen atoms in total. The van der Waals surface area contributed by atoms with Crippen LogP contribution in [-0.2, 0) is 17.1 Å². The normalized spacial score (nSPS) is 20.9. The molecule has 1 amide bonds. The van der Waals surface area contributed by atoms with Crippen LogP contribution in [0, 0.1) is 6.92 Å². The van der Waals surface area contributed by atoms with Gasteiger partial charge >= 0.3 is 18.4 Å². The fourth-order valence-corrected chi connectivity index (χ4v) is 4.83. The van der Waals surface area contributed by atoms with Crippen molar-refractivity contribution in [3.8, 4) is 0 Å². The number of rotatable bonds is 6. The minimum atomic E-state index is -4.98. The average Bonchev–Trinajstić information content (AvgIpc) is 3.13. The molecule has 1 saturated heterocycles. The third kappa shape index (κ3) is 6.39. The quantitative estimate of drug-likeness (QED) is 0.213. The van der Waals surface area contributed by atoms with E-state index in [1.807, 2.05) is 31.2 Å². The second kappa shape index (κ2) is 10.8. The Labute approximate surface area is 217 Å². The van der Waals surface area contributed by atoms with Crippen LogP contribution in [0.1, 0.15) is 66.5 Å². The molecule has 0 aromatic heterocycles. The van der Waals surface area contributed by atoms with Crippen LogP contribution in [0.3, 0.4) is 0 Å². The maximum Gasteiger partial charge on any atom is 0.416 e. The molecule has 2 aromatic rings. The SMILES string of the molecule is Cc1ccc(C=NCC2=C(CN3C(=O)OC(c4cc(C(F)(F)F)cc(C(F)(F)F)c4)C3C)CCCC2)cc1. The summed E-state index contributed by atoms with van der Waals surface area (Å²) in [5, 5.41) is 0. The van der Waals surface area contributed by atoms with Gasteiger partial charge in [-0.25, -0.2) is 4.79 Å². The number of ether oxygens (including phenoxy) is 1. The minimum Gasteiger partial charge on any atom is -0.439 e. The second-order valence-electron chi connectivity index (χ2n) is 9.81. The van der Waals surface area contributed by atoms with Gasteiger partial charge in [-0.1, -0.05) is 29.8 Å². The molecule has 1 heterocycles. The summed E-state index contributed by atoms with van der Waals surface area (Å²) in [5.41, 5.74) is 0.983. The summed E-state index contributed by atoms with van der Waals surface area (Å²) in [6.07, 6.45) is -6.77. The lowest BCUT2D eigenvalue weighted by atomic mass is 9.90. The second-order valence-corrected chi connectivity index (χ2v) is 9.81. The molecule has 204 valence electrons. The lowest BCUT2D eigenvalue weighted by molar-refractivity contribution is -0.143. The van der Waals surface area contributed by atoms with E-state index in [2.05, 4.69) is 4.99 Å². The Kier molecular flexibility index (Phi) is 7.90. The summed E-state index contributed by atoms with van der Waals surface area (Å²) in [6, 6.07) is 8.47. The fraction of sp³-hybridized carbons (Fsp3) is 0.429. The molecule has 0 spiro atoms. The van der Waals surface area contributed by atoms with Gasteiger partial charge in [0, 0.05) is 12.8 Å². The van der Waals surface area contributed by atoms with E-state index in [-0.39, 0.29) is 18.2 Å². The molecule has 4 rings (SSSR count). The number of aryl methyl sites for hydroxylation is 1. The summed E-state index contributed by atoms with van der Waals surface area (Å²) < 4.78 is 85.4. The topological polar surface area (TPSA) is 41.9 Å². The first-order chi connectivity index (χ1) is 17.8. The van der Waals surface area contributed by atoms with Gasteiger partial charge in [-0.2, -0.15) is 26.3 Å². The molecule has 0 N–H and O–H groups in total. The zero-order chi connectivity index (χ0) is 27.7. The molecule has 2 atom stereocenters. The number of cyclic esters (lactones) is 1. The van der Waals surface area contributed by atoms with Crippen molar-refractivity contribution in [3.05, 3.63) is 81.4 Å². The lowest BCUT2D eigenvalue weighted by Crippen LogP contribution is -2.34. The molecule has 1 fully saturated rings. The van der Waals surface area contributed by atoms with E-state index >= 15 is 0 Å². The molecule has 2 aromatic carbocycles. The Morgan fingerprint density at radius 1 is 0.947 bits per heavy atom. The molecule has 2 unspecified atom stereocenters. The van der Waals surface area contributed by atoms with Gasteiger partial charge in [0.25, 0.3) is 0 Å². The van der Waals surface area contributed by atoms with Gasteiger partial charge < -0.3 is 4.74 Å². The van der Waals surface area contributed by atoms with E-state index in [0.29, 0.717) is 18.7 Å². The standard InChI is InChI=1S/C28H28F6N2O2/c1-17-7-9-19(10-8-17)14-35-15-20-5-3-4-6-21(20)16-36-18(2)25(38-26(36)37)22-11-23(27(29,30)31)13-24(12-22)28(32,33)34/h7-14,18,25H,3-6,15-16H2,1-2H3. The number of benzene rings is 2. The first-order valence-electron chi connectivity index (χ1n) is 12.4. The number of amides is 1. The molecule has 0 bridgehead atoms. The van der Waals surface area contributed by atoms with Crippen molar-refractivity contribution in [1.29, 1.82) is 0 Å². The van der Waals surface area contributed by atoms with Crippen LogP contribution in [0.25, 0.3) is 0 Å². The largest absolute Gasteiger partial charge is 0.439 e. The van der Waals surface area contributed by atoms with Gasteiger partial charge in [-0.05, 0) is 80.0 Å². The summed E-state index contributed by atoms with van der Waals surface area (Å²) in [6.45, 7) is 4.21. The highest BCUT2D eigenvalue weighted by molar-refractivity contribution is 5.79. The van der Waals surface area contributed by atoms with E-state index in [1.165, 1.54) is 4.90 Å². The molecule has 2 aliphatic rings. The number of hydrogen-bond donors (Lipinski definition) is 0. The zero-order valence-electron chi connectivity index (χ0n) is 21.0. The number of carbonyl (C=O) groups excluding carboxylic acids is 1. The number of carbonyl (C=O) groups is 1. The van der Waals surface area contributed by atoms with Crippen molar-refractivity contribution in [3.63, 3.8) is 0 Å². The Morgan fingerprint density at radius 2 is 1.53 bits per heavy atom. The Morgan fingerprint density at radius 3 is 2.11 bits per heavy atom. The maximum absolute atomic E-state index is 13.4. The van der Waals surface area contributed by atoms with Crippen LogP contribution in [0.2, 0.25) is 0 Å². The molecule has 38 heavy (non-hydrogen) atoms. The number of alkyl halides is 6. The van der Waals surface area contributed by atoms with E-state index in [9.17, 15) is 31.1 Å². The van der Waals surface area contributed by atoms with Crippen LogP contribution in [0.4, 0.5) is 31.1 Å². The van der Waals surface area contributed by atoms with Gasteiger partial charge in [0.1, 0.15) is 6.10 Å². The number of nitrogens with zero attached hydrogens (tertiary/aromatic N) is 2. The predicted molar refractivity (Wildman–Crippen MR) is 131 cm³/mol. The average molecular weight is 539 g/mol. The Balaban J connectivity index is 1.55. The van der Waals surface area contributed by atoms with Gasteiger partial charge in [-0.15, -0.1) is 0 Å². The number of hydrogen-bond acceptors (Lipinski definition) is 3. The molecule has 1 aliphatic heterocycles. The van der Waals surface area contributed by atoms with Crippen LogP contribution in [0.5, 0.6) is 0 Å². The third-order valence-corrected chi connectivity index (χ3v) is 7.00. The van der Waals surface area contributed by atoms with Crippen LogP contribution in [0.15, 0.2) is 58.6 Å². The molecular weight excluding hydrogens is 510 g/mol. The minimum absolute atomic E-state index is 0.0684. The van der Waals surface area contributed by atoms with Gasteiger partial charge in [0.15, 0.2) is 0 Å². The van der Waals surface area contributed by atoms with Crippen molar-refractivity contribution in [2.45, 2.75) is 64.0 Å². The first-order valence-corrected chi connectivity index (χ1v) is 12.4. The van der Waals surface area contributed by atoms with Crippen molar-refractivity contribution in [1.82, 2.24) is 4.90 Å². The van der Waals surface area contributed by atoms with Crippen molar-refractivity contribution < 1.29 is 35.9 Å². The molecule has 1 aliphatic carbocycles. The lowest BCUT2D eigenvalue weighted by Gasteiger charge is -2.26. The third-order valence-electron chi connectivity index (χ3n) is 7.00. The molecule has 0 radical (unpaired) electrons. The molecular formula is C28H28F6N2O2. The van der Waals surface area contributed by atoms with Gasteiger partial charge in [-0.3, -0.25) is 9.89 Å². The fourth-order valence-electron chi connectivity index (χ4n) is 4.83. The number of aliphatic imine (C=N–C) groups is 1. The van der Waals surface area contributed by atoms with Crippen molar-refractivity contribution >= 4 is 12.3 Å². The predicted octanol–water partition coefficient (Wildman–Crippen LogP) is 7.90. The smallest absolute Gasteiger partial charge is 0.416 e. The number of halogens is 6. The van der Waals surface area contributed by atoms with Gasteiger partial charge in [0.2, 0.25) is 0 Å². The molecule has 0 saturated carbocycles. The van der Waals surface area contributed by atoms with Crippen molar-refractivity contribution in [2.75, 3.05) is 13.1 Å². The van der Waals surface area contributed by atoms with E-state index < -0.39 is 41.7 Å². The summed E-state index contributed by atoms with van der Waals surface area (Å²) in [5.74, 6) is 0. The van der Waals surface area contributed by atoms with Gasteiger partial charge in [0.05, 0.1) is 23.7 Å². The Hall–Kier alpha value is -3.30. The highest BCUT2D eigenvalue weighted by Crippen LogP contribution is 2.41. The summed E-state index contributed by atoms with van der Waals surface area (Å²) in [7, 11) is 0. The Bertz CT molecular complexity index is 1200. The molecule has 10 heteroatoms. The van der Waals surface area contributed by atoms with Crippen LogP contribution < -0.4 is 0 Å². The van der Waals surface area contributed by atoms with E-state index in [4.69, 9.17) is 4.74 Å². The van der Waals surface area contributed by atoms with Crippen LogP contribution >= 0.6 is 0 Å². The monoisotopic (exact) mass is 538 g/mol. The highest BCUT2D eigenvalue weighted by Gasteiger charge is 2.43.